The van der Waals surface area contributed by atoms with Crippen molar-refractivity contribution in [3.8, 4) is 0 Å². The van der Waals surface area contributed by atoms with Crippen molar-refractivity contribution in [3.05, 3.63) is 17.8 Å². The van der Waals surface area contributed by atoms with Crippen LogP contribution >= 0.6 is 0 Å². The lowest BCUT2D eigenvalue weighted by Gasteiger charge is -2.30. The number of nitrogens with zero attached hydrogens (tertiary/aromatic N) is 2. The van der Waals surface area contributed by atoms with E-state index in [0.717, 1.165) is 31.6 Å². The number of nitrogen functional groups attached to an aromatic ring is 1. The van der Waals surface area contributed by atoms with E-state index in [1.165, 1.54) is 6.20 Å². The van der Waals surface area contributed by atoms with E-state index in [2.05, 4.69) is 30.7 Å². The van der Waals surface area contributed by atoms with E-state index in [-0.39, 0.29) is 0 Å². The third-order valence-electron chi connectivity index (χ3n) is 3.36. The molecule has 1 rings (SSSR count). The van der Waals surface area contributed by atoms with Gasteiger partial charge in [0.25, 0.3) is 5.91 Å². The predicted octanol–water partition coefficient (Wildman–Crippen LogP) is 2.17. The first-order valence-electron chi connectivity index (χ1n) is 6.83. The molecule has 0 bridgehead atoms. The van der Waals surface area contributed by atoms with Crippen LogP contribution in [0.4, 0.5) is 11.5 Å². The molecule has 106 valence electrons. The van der Waals surface area contributed by atoms with Crippen LogP contribution in [0.1, 0.15) is 50.4 Å². The van der Waals surface area contributed by atoms with Crippen molar-refractivity contribution in [2.45, 2.75) is 46.1 Å². The van der Waals surface area contributed by atoms with Crippen molar-refractivity contribution >= 4 is 17.4 Å². The van der Waals surface area contributed by atoms with Crippen LogP contribution in [0.25, 0.3) is 0 Å². The fourth-order valence-electron chi connectivity index (χ4n) is 1.93. The molecule has 0 aliphatic carbocycles. The number of aromatic nitrogens is 1. The Labute approximate surface area is 115 Å². The molecule has 5 nitrogen and oxygen atoms in total. The molecule has 0 aliphatic heterocycles. The minimum absolute atomic E-state index is 0.329. The van der Waals surface area contributed by atoms with Crippen molar-refractivity contribution in [2.24, 2.45) is 5.73 Å². The summed E-state index contributed by atoms with van der Waals surface area (Å²) in [6.07, 6.45) is 4.73. The summed E-state index contributed by atoms with van der Waals surface area (Å²) in [5.74, 6) is 0.256. The molecule has 0 aromatic carbocycles. The van der Waals surface area contributed by atoms with E-state index in [9.17, 15) is 4.79 Å². The van der Waals surface area contributed by atoms with Gasteiger partial charge in [0.1, 0.15) is 5.82 Å². The van der Waals surface area contributed by atoms with Gasteiger partial charge in [-0.3, -0.25) is 4.79 Å². The summed E-state index contributed by atoms with van der Waals surface area (Å²) >= 11 is 0. The average Bonchev–Trinajstić information content (AvgIpc) is 2.40. The van der Waals surface area contributed by atoms with Crippen LogP contribution in [0.3, 0.4) is 0 Å². The van der Waals surface area contributed by atoms with Gasteiger partial charge in [-0.05, 0) is 25.8 Å². The van der Waals surface area contributed by atoms with Gasteiger partial charge in [0.05, 0.1) is 17.4 Å². The Morgan fingerprint density at radius 2 is 2.16 bits per heavy atom. The first-order valence-corrected chi connectivity index (χ1v) is 6.83. The largest absolute Gasteiger partial charge is 0.397 e. The van der Waals surface area contributed by atoms with Crippen molar-refractivity contribution in [3.63, 3.8) is 0 Å². The van der Waals surface area contributed by atoms with Gasteiger partial charge in [-0.15, -0.1) is 0 Å². The molecule has 1 atom stereocenters. The molecule has 0 saturated heterocycles. The zero-order chi connectivity index (χ0) is 14.4. The first kappa shape index (κ1) is 15.3. The smallest absolute Gasteiger partial charge is 0.250 e. The number of hydrogen-bond donors (Lipinski definition) is 2. The maximum absolute atomic E-state index is 11.3. The van der Waals surface area contributed by atoms with Gasteiger partial charge in [-0.2, -0.15) is 0 Å². The number of primary amides is 1. The summed E-state index contributed by atoms with van der Waals surface area (Å²) in [6, 6.07) is 2.06. The van der Waals surface area contributed by atoms with E-state index >= 15 is 0 Å². The molecule has 19 heavy (non-hydrogen) atoms. The van der Waals surface area contributed by atoms with Crippen LogP contribution in [0.2, 0.25) is 0 Å². The monoisotopic (exact) mass is 264 g/mol. The molecule has 5 heteroatoms. The Hall–Kier alpha value is -1.78. The number of carbonyl (C=O) groups excluding carboxylic acids is 1. The third kappa shape index (κ3) is 3.84. The summed E-state index contributed by atoms with van der Waals surface area (Å²) in [4.78, 5) is 17.9. The molecule has 1 heterocycles. The second kappa shape index (κ2) is 6.97. The van der Waals surface area contributed by atoms with Gasteiger partial charge >= 0.3 is 0 Å². The van der Waals surface area contributed by atoms with E-state index in [4.69, 9.17) is 11.5 Å². The molecule has 0 saturated carbocycles. The highest BCUT2D eigenvalue weighted by Crippen LogP contribution is 2.21. The number of carbonyl (C=O) groups is 1. The third-order valence-corrected chi connectivity index (χ3v) is 3.36. The van der Waals surface area contributed by atoms with Crippen molar-refractivity contribution < 1.29 is 4.79 Å². The average molecular weight is 264 g/mol. The lowest BCUT2D eigenvalue weighted by atomic mass is 10.1. The summed E-state index contributed by atoms with van der Waals surface area (Å²) in [5, 5.41) is 0. The molecule has 4 N–H and O–H groups in total. The molecular formula is C14H24N4O. The molecule has 1 unspecified atom stereocenters. The molecule has 0 radical (unpaired) electrons. The molecular weight excluding hydrogens is 240 g/mol. The highest BCUT2D eigenvalue weighted by atomic mass is 16.1. The van der Waals surface area contributed by atoms with Crippen LogP contribution in [-0.2, 0) is 0 Å². The quantitative estimate of drug-likeness (QED) is 0.790. The molecule has 0 spiro atoms. The Morgan fingerprint density at radius 3 is 2.68 bits per heavy atom. The predicted molar refractivity (Wildman–Crippen MR) is 79.2 cm³/mol. The number of amides is 1. The highest BCUT2D eigenvalue weighted by Gasteiger charge is 2.16. The normalized spacial score (nSPS) is 12.2. The van der Waals surface area contributed by atoms with Crippen LogP contribution in [-0.4, -0.2) is 23.5 Å². The van der Waals surface area contributed by atoms with E-state index in [1.54, 1.807) is 6.07 Å². The SMILES string of the molecule is CCCCN(c1cc(C(N)=O)c(N)cn1)C(C)CC. The number of hydrogen-bond acceptors (Lipinski definition) is 4. The lowest BCUT2D eigenvalue weighted by molar-refractivity contribution is 0.100. The summed E-state index contributed by atoms with van der Waals surface area (Å²) in [6.45, 7) is 7.36. The summed E-state index contributed by atoms with van der Waals surface area (Å²) < 4.78 is 0. The lowest BCUT2D eigenvalue weighted by Crippen LogP contribution is -2.34. The second-order valence-electron chi connectivity index (χ2n) is 4.80. The van der Waals surface area contributed by atoms with Crippen molar-refractivity contribution in [1.29, 1.82) is 0 Å². The topological polar surface area (TPSA) is 85.2 Å². The second-order valence-corrected chi connectivity index (χ2v) is 4.80. The fraction of sp³-hybridized carbons (Fsp3) is 0.571. The van der Waals surface area contributed by atoms with Crippen LogP contribution < -0.4 is 16.4 Å². The maximum Gasteiger partial charge on any atom is 0.250 e. The van der Waals surface area contributed by atoms with Gasteiger partial charge in [0, 0.05) is 12.6 Å². The molecule has 0 aliphatic rings. The number of anilines is 2. The van der Waals surface area contributed by atoms with Gasteiger partial charge < -0.3 is 16.4 Å². The van der Waals surface area contributed by atoms with Gasteiger partial charge in [-0.25, -0.2) is 4.98 Å². The van der Waals surface area contributed by atoms with E-state index < -0.39 is 5.91 Å². The molecule has 1 aromatic heterocycles. The minimum atomic E-state index is -0.513. The van der Waals surface area contributed by atoms with Crippen LogP contribution in [0.15, 0.2) is 12.3 Å². The first-order chi connectivity index (χ1) is 9.01. The number of pyridine rings is 1. The Balaban J connectivity index is 3.07. The fourth-order valence-corrected chi connectivity index (χ4v) is 1.93. The van der Waals surface area contributed by atoms with Gasteiger partial charge in [0.15, 0.2) is 0 Å². The van der Waals surface area contributed by atoms with E-state index in [1.807, 2.05) is 0 Å². The van der Waals surface area contributed by atoms with Crippen LogP contribution in [0.5, 0.6) is 0 Å². The van der Waals surface area contributed by atoms with Crippen LogP contribution in [0, 0.1) is 0 Å². The van der Waals surface area contributed by atoms with Crippen molar-refractivity contribution in [2.75, 3.05) is 17.2 Å². The maximum atomic E-state index is 11.3. The number of nitrogens with two attached hydrogens (primary N) is 2. The number of unbranched alkanes of at least 4 members (excludes halogenated alkanes) is 1. The summed E-state index contributed by atoms with van der Waals surface area (Å²) in [7, 11) is 0. The Bertz CT molecular complexity index is 433. The van der Waals surface area contributed by atoms with Crippen molar-refractivity contribution in [1.82, 2.24) is 4.98 Å². The summed E-state index contributed by atoms with van der Waals surface area (Å²) in [5.41, 5.74) is 11.7. The highest BCUT2D eigenvalue weighted by molar-refractivity contribution is 5.98. The molecule has 1 aromatic rings. The van der Waals surface area contributed by atoms with Gasteiger partial charge in [-0.1, -0.05) is 20.3 Å². The standard InChI is InChI=1S/C14H24N4O/c1-4-6-7-18(10(3)5-2)13-8-11(14(16)19)12(15)9-17-13/h8-10H,4-7,15H2,1-3H3,(H2,16,19). The zero-order valence-electron chi connectivity index (χ0n) is 12.0. The van der Waals surface area contributed by atoms with Gasteiger partial charge in [0.2, 0.25) is 0 Å². The molecule has 1 amide bonds. The Morgan fingerprint density at radius 1 is 1.47 bits per heavy atom. The zero-order valence-corrected chi connectivity index (χ0v) is 12.0. The minimum Gasteiger partial charge on any atom is -0.397 e. The Kier molecular flexibility index (Phi) is 5.60. The molecule has 0 fully saturated rings. The van der Waals surface area contributed by atoms with E-state index in [0.29, 0.717) is 17.3 Å². The number of rotatable bonds is 7.